The molecule has 5 heteroatoms. The minimum atomic E-state index is -0.352. The van der Waals surface area contributed by atoms with Gasteiger partial charge in [-0.15, -0.1) is 0 Å². The number of carbonyl (C=O) groups excluding carboxylic acids is 2. The Balaban J connectivity index is 1.84. The molecule has 2 saturated heterocycles. The molecular weight excluding hydrogens is 220 g/mol. The first-order valence-electron chi connectivity index (χ1n) is 5.55. The molecule has 2 aliphatic rings. The summed E-state index contributed by atoms with van der Waals surface area (Å²) < 4.78 is 0. The molecule has 0 aliphatic carbocycles. The minimum absolute atomic E-state index is 0.0289. The monoisotopic (exact) mass is 232 g/mol. The fourth-order valence-electron chi connectivity index (χ4n) is 2.43. The van der Waals surface area contributed by atoms with Crippen LogP contribution in [0.25, 0.3) is 0 Å². The number of hydrogen-bond donors (Lipinski definition) is 1. The molecule has 0 aromatic heterocycles. The van der Waals surface area contributed by atoms with E-state index in [4.69, 9.17) is 5.11 Å². The summed E-state index contributed by atoms with van der Waals surface area (Å²) in [6, 6.07) is 8.22. The van der Waals surface area contributed by atoms with E-state index in [1.165, 1.54) is 4.90 Å². The fourth-order valence-corrected chi connectivity index (χ4v) is 2.43. The number of anilines is 1. The Labute approximate surface area is 98.2 Å². The lowest BCUT2D eigenvalue weighted by molar-refractivity contribution is -0.124. The normalized spacial score (nSPS) is 30.6. The predicted octanol–water partition coefficient (Wildman–Crippen LogP) is -0.395. The molecule has 0 saturated carbocycles. The zero-order valence-electron chi connectivity index (χ0n) is 9.11. The molecule has 1 N–H and O–H groups in total. The predicted molar refractivity (Wildman–Crippen MR) is 60.3 cm³/mol. The summed E-state index contributed by atoms with van der Waals surface area (Å²) in [6.07, 6.45) is 0. The maximum atomic E-state index is 12.0. The lowest BCUT2D eigenvalue weighted by Gasteiger charge is -2.18. The lowest BCUT2D eigenvalue weighted by Crippen LogP contribution is -2.39. The average molecular weight is 232 g/mol. The molecule has 0 bridgehead atoms. The number of hydrogen-bond acceptors (Lipinski definition) is 4. The van der Waals surface area contributed by atoms with Crippen LogP contribution in [0.2, 0.25) is 0 Å². The van der Waals surface area contributed by atoms with Gasteiger partial charge in [0, 0.05) is 6.54 Å². The van der Waals surface area contributed by atoms with Crippen LogP contribution in [-0.2, 0) is 9.59 Å². The average Bonchev–Trinajstić information content (AvgIpc) is 2.98. The molecule has 17 heavy (non-hydrogen) atoms. The number of benzene rings is 1. The standard InChI is InChI=1S/C12H12N2O3/c15-7-6-13-9-10(13)12(17)14(11(9)16)8-4-2-1-3-5-8/h1-5,9-10,15H,6-7H2. The van der Waals surface area contributed by atoms with Crippen molar-refractivity contribution >= 4 is 17.5 Å². The van der Waals surface area contributed by atoms with Gasteiger partial charge in [-0.05, 0) is 12.1 Å². The van der Waals surface area contributed by atoms with Gasteiger partial charge in [0.2, 0.25) is 0 Å². The third-order valence-electron chi connectivity index (χ3n) is 3.24. The molecule has 0 spiro atoms. The van der Waals surface area contributed by atoms with E-state index < -0.39 is 0 Å². The van der Waals surface area contributed by atoms with Gasteiger partial charge < -0.3 is 5.11 Å². The Morgan fingerprint density at radius 3 is 2.18 bits per heavy atom. The van der Waals surface area contributed by atoms with Crippen molar-refractivity contribution in [3.8, 4) is 0 Å². The molecule has 5 nitrogen and oxygen atoms in total. The second-order valence-corrected chi connectivity index (χ2v) is 4.20. The van der Waals surface area contributed by atoms with Crippen LogP contribution in [0.1, 0.15) is 0 Å². The van der Waals surface area contributed by atoms with E-state index in [9.17, 15) is 9.59 Å². The molecule has 3 rings (SSSR count). The first-order valence-corrected chi connectivity index (χ1v) is 5.55. The van der Waals surface area contributed by atoms with Gasteiger partial charge in [0.05, 0.1) is 12.3 Å². The van der Waals surface area contributed by atoms with E-state index in [-0.39, 0.29) is 30.5 Å². The summed E-state index contributed by atoms with van der Waals surface area (Å²) in [5.74, 6) is -0.362. The first-order chi connectivity index (χ1) is 8.25. The Bertz CT molecular complexity index is 452. The summed E-state index contributed by atoms with van der Waals surface area (Å²) in [5, 5.41) is 8.81. The van der Waals surface area contributed by atoms with Crippen molar-refractivity contribution in [1.29, 1.82) is 0 Å². The van der Waals surface area contributed by atoms with Crippen LogP contribution in [0.4, 0.5) is 5.69 Å². The Morgan fingerprint density at radius 2 is 1.65 bits per heavy atom. The largest absolute Gasteiger partial charge is 0.395 e. The highest BCUT2D eigenvalue weighted by molar-refractivity contribution is 6.28. The number of amides is 2. The van der Waals surface area contributed by atoms with Crippen molar-refractivity contribution in [2.45, 2.75) is 12.1 Å². The third kappa shape index (κ3) is 1.40. The fraction of sp³-hybridized carbons (Fsp3) is 0.333. The second-order valence-electron chi connectivity index (χ2n) is 4.20. The number of aliphatic hydroxyl groups excluding tert-OH is 1. The Morgan fingerprint density at radius 1 is 1.06 bits per heavy atom. The van der Waals surface area contributed by atoms with Crippen LogP contribution >= 0.6 is 0 Å². The molecule has 2 fully saturated rings. The van der Waals surface area contributed by atoms with Crippen molar-refractivity contribution in [1.82, 2.24) is 4.90 Å². The van der Waals surface area contributed by atoms with Crippen LogP contribution in [0, 0.1) is 0 Å². The summed E-state index contributed by atoms with van der Waals surface area (Å²) in [6.45, 7) is 0.355. The number of carbonyl (C=O) groups is 2. The smallest absolute Gasteiger partial charge is 0.253 e. The highest BCUT2D eigenvalue weighted by Gasteiger charge is 2.65. The van der Waals surface area contributed by atoms with Crippen LogP contribution in [0.15, 0.2) is 30.3 Å². The van der Waals surface area contributed by atoms with Crippen LogP contribution in [0.3, 0.4) is 0 Å². The van der Waals surface area contributed by atoms with Gasteiger partial charge in [-0.3, -0.25) is 14.5 Å². The van der Waals surface area contributed by atoms with Crippen molar-refractivity contribution < 1.29 is 14.7 Å². The molecule has 2 aliphatic heterocycles. The molecule has 1 aromatic carbocycles. The molecule has 2 unspecified atom stereocenters. The maximum Gasteiger partial charge on any atom is 0.253 e. The molecular formula is C12H12N2O3. The van der Waals surface area contributed by atoms with Crippen molar-refractivity contribution in [2.24, 2.45) is 0 Å². The zero-order chi connectivity index (χ0) is 12.0. The van der Waals surface area contributed by atoms with E-state index in [0.717, 1.165) is 0 Å². The maximum absolute atomic E-state index is 12.0. The number of piperazine rings is 1. The van der Waals surface area contributed by atoms with Crippen molar-refractivity contribution in [3.05, 3.63) is 30.3 Å². The van der Waals surface area contributed by atoms with Gasteiger partial charge in [-0.2, -0.15) is 0 Å². The van der Waals surface area contributed by atoms with Crippen molar-refractivity contribution in [3.63, 3.8) is 0 Å². The summed E-state index contributed by atoms with van der Waals surface area (Å²) in [4.78, 5) is 27.0. The number of β-amino-alcohol motifs (C(OH)–C–C–N with tert-alkyl or cyclic N) is 1. The zero-order valence-corrected chi connectivity index (χ0v) is 9.11. The van der Waals surface area contributed by atoms with E-state index in [2.05, 4.69) is 0 Å². The van der Waals surface area contributed by atoms with E-state index in [1.807, 2.05) is 6.07 Å². The highest BCUT2D eigenvalue weighted by atomic mass is 16.3. The number of nitrogens with zero attached hydrogens (tertiary/aromatic N) is 2. The third-order valence-corrected chi connectivity index (χ3v) is 3.24. The minimum Gasteiger partial charge on any atom is -0.395 e. The second kappa shape index (κ2) is 3.65. The van der Waals surface area contributed by atoms with E-state index >= 15 is 0 Å². The molecule has 2 atom stereocenters. The molecule has 1 aromatic rings. The highest BCUT2D eigenvalue weighted by Crippen LogP contribution is 2.39. The van der Waals surface area contributed by atoms with Gasteiger partial charge >= 0.3 is 0 Å². The number of imide groups is 1. The summed E-state index contributed by atoms with van der Waals surface area (Å²) >= 11 is 0. The Kier molecular flexibility index (Phi) is 2.24. The number of aliphatic hydroxyl groups is 1. The van der Waals surface area contributed by atoms with Crippen LogP contribution < -0.4 is 4.90 Å². The van der Waals surface area contributed by atoms with Gasteiger partial charge in [0.25, 0.3) is 11.8 Å². The summed E-state index contributed by atoms with van der Waals surface area (Å²) in [5.41, 5.74) is 0.624. The van der Waals surface area contributed by atoms with Crippen LogP contribution in [-0.4, -0.2) is 47.1 Å². The lowest BCUT2D eigenvalue weighted by atomic mass is 10.3. The molecule has 0 radical (unpaired) electrons. The molecule has 2 amide bonds. The van der Waals surface area contributed by atoms with Gasteiger partial charge in [-0.1, -0.05) is 18.2 Å². The van der Waals surface area contributed by atoms with E-state index in [0.29, 0.717) is 12.2 Å². The Hall–Kier alpha value is -1.72. The SMILES string of the molecule is O=C1C2C(C(=O)N1c1ccccc1)N2CCO. The number of fused-ring (bicyclic) bond motifs is 1. The molecule has 88 valence electrons. The molecule has 2 heterocycles. The van der Waals surface area contributed by atoms with Gasteiger partial charge in [-0.25, -0.2) is 4.90 Å². The van der Waals surface area contributed by atoms with E-state index in [1.54, 1.807) is 29.2 Å². The summed E-state index contributed by atoms with van der Waals surface area (Å²) in [7, 11) is 0. The first kappa shape index (κ1) is 10.4. The van der Waals surface area contributed by atoms with Gasteiger partial charge in [0.15, 0.2) is 0 Å². The number of para-hydroxylation sites is 1. The quantitative estimate of drug-likeness (QED) is 0.569. The topological polar surface area (TPSA) is 60.6 Å². The van der Waals surface area contributed by atoms with Crippen molar-refractivity contribution in [2.75, 3.05) is 18.1 Å². The van der Waals surface area contributed by atoms with Gasteiger partial charge in [0.1, 0.15) is 12.1 Å². The van der Waals surface area contributed by atoms with Crippen LogP contribution in [0.5, 0.6) is 0 Å². The number of rotatable bonds is 3.